The van der Waals surface area contributed by atoms with Gasteiger partial charge < -0.3 is 5.32 Å². The molecule has 0 aliphatic carbocycles. The number of pyridine rings is 2. The number of thiophene rings is 1. The molecule has 214 valence electrons. The van der Waals surface area contributed by atoms with Crippen molar-refractivity contribution in [3.63, 3.8) is 0 Å². The molecule has 5 aromatic rings. The summed E-state index contributed by atoms with van der Waals surface area (Å²) in [5.74, 6) is -0.195. The van der Waals surface area contributed by atoms with Gasteiger partial charge in [0.05, 0.1) is 22.0 Å². The summed E-state index contributed by atoms with van der Waals surface area (Å²) in [5.41, 5.74) is 4.61. The quantitative estimate of drug-likeness (QED) is 0.232. The standard InChI is InChI=1S/C30H29N3O2S.CH4O3S/c1-3-32(4-2)20-22-10-8-9-21(17-22)19-31-29(34)26-18-25(23-11-6-5-7-12-23)30(35)33-15-13-24-14-16-36-28(24)27(26)33;1-5(2,3)4/h5-18H,3-4,19-20H2,1-2H3,(H,31,34);1H3,(H,2,3,4). The zero-order valence-corrected chi connectivity index (χ0v) is 24.8. The molecular formula is C31H33N3O5S2. The van der Waals surface area contributed by atoms with Gasteiger partial charge in [0.1, 0.15) is 0 Å². The van der Waals surface area contributed by atoms with Crippen molar-refractivity contribution in [3.05, 3.63) is 111 Å². The zero-order chi connectivity index (χ0) is 29.6. The number of carbonyl (C=O) groups excluding carboxylic acids is 1. The van der Waals surface area contributed by atoms with Crippen LogP contribution in [0.25, 0.3) is 26.7 Å². The van der Waals surface area contributed by atoms with Gasteiger partial charge in [-0.2, -0.15) is 8.42 Å². The highest BCUT2D eigenvalue weighted by atomic mass is 32.2. The van der Waals surface area contributed by atoms with Crippen LogP contribution in [0.15, 0.2) is 89.2 Å². The monoisotopic (exact) mass is 591 g/mol. The molecule has 2 aromatic carbocycles. The van der Waals surface area contributed by atoms with Crippen molar-refractivity contribution in [3.8, 4) is 11.1 Å². The first-order valence-corrected chi connectivity index (χ1v) is 15.9. The van der Waals surface area contributed by atoms with E-state index in [2.05, 4.69) is 36.2 Å². The summed E-state index contributed by atoms with van der Waals surface area (Å²) < 4.78 is 28.4. The third kappa shape index (κ3) is 7.68. The van der Waals surface area contributed by atoms with Crippen LogP contribution in [0, 0.1) is 0 Å². The van der Waals surface area contributed by atoms with E-state index >= 15 is 0 Å². The van der Waals surface area contributed by atoms with Crippen molar-refractivity contribution in [1.82, 2.24) is 14.6 Å². The second kappa shape index (κ2) is 13.2. The van der Waals surface area contributed by atoms with E-state index in [4.69, 9.17) is 4.55 Å². The molecule has 0 saturated heterocycles. The molecule has 41 heavy (non-hydrogen) atoms. The molecule has 0 fully saturated rings. The molecule has 1 amide bonds. The van der Waals surface area contributed by atoms with Gasteiger partial charge in [-0.15, -0.1) is 11.3 Å². The molecule has 8 nitrogen and oxygen atoms in total. The largest absolute Gasteiger partial charge is 0.348 e. The molecule has 3 heterocycles. The molecule has 0 aliphatic rings. The van der Waals surface area contributed by atoms with Gasteiger partial charge in [0, 0.05) is 24.8 Å². The van der Waals surface area contributed by atoms with Crippen molar-refractivity contribution in [2.24, 2.45) is 0 Å². The highest BCUT2D eigenvalue weighted by Crippen LogP contribution is 2.29. The SMILES string of the molecule is CCN(CC)Cc1cccc(CNC(=O)c2cc(-c3ccccc3)c(=O)n3ccc4ccsc4c23)c1.CS(=O)(=O)O. The lowest BCUT2D eigenvalue weighted by molar-refractivity contribution is 0.0952. The zero-order valence-electron chi connectivity index (χ0n) is 23.2. The van der Waals surface area contributed by atoms with Crippen LogP contribution in [-0.4, -0.2) is 47.5 Å². The van der Waals surface area contributed by atoms with Gasteiger partial charge in [-0.25, -0.2) is 0 Å². The van der Waals surface area contributed by atoms with E-state index < -0.39 is 10.1 Å². The molecule has 5 rings (SSSR count). The van der Waals surface area contributed by atoms with Gasteiger partial charge in [-0.05, 0) is 58.7 Å². The van der Waals surface area contributed by atoms with Crippen molar-refractivity contribution in [2.75, 3.05) is 19.3 Å². The van der Waals surface area contributed by atoms with Crippen molar-refractivity contribution in [2.45, 2.75) is 26.9 Å². The number of hydrogen-bond donors (Lipinski definition) is 2. The summed E-state index contributed by atoms with van der Waals surface area (Å²) in [6, 6.07) is 23.6. The summed E-state index contributed by atoms with van der Waals surface area (Å²) in [5, 5.41) is 6.12. The third-order valence-electron chi connectivity index (χ3n) is 6.62. The Balaban J connectivity index is 0.000000714. The fourth-order valence-corrected chi connectivity index (χ4v) is 5.57. The fraction of sp³-hybridized carbons (Fsp3) is 0.226. The Morgan fingerprint density at radius 1 is 0.976 bits per heavy atom. The first-order chi connectivity index (χ1) is 19.6. The number of amides is 1. The molecule has 0 saturated carbocycles. The molecule has 2 N–H and O–H groups in total. The highest BCUT2D eigenvalue weighted by Gasteiger charge is 2.19. The van der Waals surface area contributed by atoms with E-state index in [1.807, 2.05) is 60.0 Å². The Labute approximate surface area is 243 Å². The summed E-state index contributed by atoms with van der Waals surface area (Å²) in [6.07, 6.45) is 2.49. The molecule has 10 heteroatoms. The maximum absolute atomic E-state index is 13.6. The van der Waals surface area contributed by atoms with E-state index in [0.29, 0.717) is 29.4 Å². The van der Waals surface area contributed by atoms with Gasteiger partial charge in [-0.3, -0.25) is 23.4 Å². The van der Waals surface area contributed by atoms with Crippen LogP contribution in [0.4, 0.5) is 0 Å². The highest BCUT2D eigenvalue weighted by molar-refractivity contribution is 7.85. The van der Waals surface area contributed by atoms with Crippen LogP contribution in [0.1, 0.15) is 35.3 Å². The second-order valence-corrected chi connectivity index (χ2v) is 12.0. The van der Waals surface area contributed by atoms with Crippen molar-refractivity contribution >= 4 is 43.0 Å². The van der Waals surface area contributed by atoms with E-state index in [9.17, 15) is 18.0 Å². The minimum absolute atomic E-state index is 0.132. The van der Waals surface area contributed by atoms with E-state index in [1.54, 1.807) is 28.0 Å². The lowest BCUT2D eigenvalue weighted by atomic mass is 10.0. The van der Waals surface area contributed by atoms with Crippen molar-refractivity contribution in [1.29, 1.82) is 0 Å². The normalized spacial score (nSPS) is 11.4. The maximum Gasteiger partial charge on any atom is 0.263 e. The number of nitrogens with zero attached hydrogens (tertiary/aromatic N) is 2. The molecule has 3 aromatic heterocycles. The molecule has 0 radical (unpaired) electrons. The topological polar surface area (TPSA) is 108 Å². The summed E-state index contributed by atoms with van der Waals surface area (Å²) in [4.78, 5) is 29.4. The number of carbonyl (C=O) groups is 1. The summed E-state index contributed by atoms with van der Waals surface area (Å²) in [7, 11) is -3.67. The van der Waals surface area contributed by atoms with Gasteiger partial charge in [0.25, 0.3) is 21.6 Å². The molecular weight excluding hydrogens is 558 g/mol. The average molecular weight is 592 g/mol. The van der Waals surface area contributed by atoms with E-state index in [-0.39, 0.29) is 11.5 Å². The molecule has 0 atom stereocenters. The minimum atomic E-state index is -3.67. The Kier molecular flexibility index (Phi) is 9.72. The molecule has 0 spiro atoms. The van der Waals surface area contributed by atoms with Gasteiger partial charge in [0.2, 0.25) is 0 Å². The van der Waals surface area contributed by atoms with Crippen LogP contribution in [-0.2, 0) is 23.2 Å². The first-order valence-electron chi connectivity index (χ1n) is 13.2. The van der Waals surface area contributed by atoms with Crippen LogP contribution < -0.4 is 10.9 Å². The Bertz CT molecular complexity index is 1820. The van der Waals surface area contributed by atoms with Gasteiger partial charge in [0.15, 0.2) is 0 Å². The number of nitrogens with one attached hydrogen (secondary N) is 1. The second-order valence-electron chi connectivity index (χ2n) is 9.58. The average Bonchev–Trinajstić information content (AvgIpc) is 3.44. The van der Waals surface area contributed by atoms with Crippen LogP contribution in [0.2, 0.25) is 0 Å². The lowest BCUT2D eigenvalue weighted by Gasteiger charge is -2.18. The number of benzene rings is 2. The number of rotatable bonds is 8. The van der Waals surface area contributed by atoms with E-state index in [1.165, 1.54) is 5.56 Å². The fourth-order valence-electron chi connectivity index (χ4n) is 4.63. The Hall–Kier alpha value is -3.83. The van der Waals surface area contributed by atoms with E-state index in [0.717, 1.165) is 40.8 Å². The third-order valence-corrected chi connectivity index (χ3v) is 7.56. The molecule has 0 unspecified atom stereocenters. The maximum atomic E-state index is 13.6. The van der Waals surface area contributed by atoms with Gasteiger partial charge in [-0.1, -0.05) is 68.4 Å². The van der Waals surface area contributed by atoms with Crippen molar-refractivity contribution < 1.29 is 17.8 Å². The number of hydrogen-bond acceptors (Lipinski definition) is 6. The van der Waals surface area contributed by atoms with Gasteiger partial charge >= 0.3 is 0 Å². The smallest absolute Gasteiger partial charge is 0.263 e. The minimum Gasteiger partial charge on any atom is -0.348 e. The Morgan fingerprint density at radius 2 is 1.66 bits per heavy atom. The van der Waals surface area contributed by atoms with Crippen LogP contribution in [0.5, 0.6) is 0 Å². The predicted octanol–water partition coefficient (Wildman–Crippen LogP) is 5.46. The first kappa shape index (κ1) is 30.1. The lowest BCUT2D eigenvalue weighted by Crippen LogP contribution is -2.26. The number of fused-ring (bicyclic) bond motifs is 3. The van der Waals surface area contributed by atoms with Crippen LogP contribution >= 0.6 is 11.3 Å². The molecule has 0 bridgehead atoms. The Morgan fingerprint density at radius 3 is 2.34 bits per heavy atom. The summed E-state index contributed by atoms with van der Waals surface area (Å²) in [6.45, 7) is 7.63. The molecule has 0 aliphatic heterocycles. The summed E-state index contributed by atoms with van der Waals surface area (Å²) >= 11 is 1.54. The van der Waals surface area contributed by atoms with Crippen LogP contribution in [0.3, 0.4) is 0 Å². The number of aromatic nitrogens is 1. The predicted molar refractivity (Wildman–Crippen MR) is 166 cm³/mol.